The Labute approximate surface area is 188 Å². The van der Waals surface area contributed by atoms with Gasteiger partial charge in [-0.3, -0.25) is 9.10 Å². The number of sulfonamides is 1. The van der Waals surface area contributed by atoms with Crippen LogP contribution in [0.3, 0.4) is 0 Å². The molecule has 2 aromatic carbocycles. The largest absolute Gasteiger partial charge is 0.372 e. The topological polar surface area (TPSA) is 69.7 Å². The molecule has 2 rings (SSSR count). The minimum atomic E-state index is -3.75. The van der Waals surface area contributed by atoms with Gasteiger partial charge in [-0.25, -0.2) is 8.42 Å². The zero-order valence-electron chi connectivity index (χ0n) is 17.5. The lowest BCUT2D eigenvalue weighted by molar-refractivity contribution is -0.122. The number of amides is 1. The molecule has 1 amide bonds. The van der Waals surface area contributed by atoms with Crippen LogP contribution < -0.4 is 14.5 Å². The molecule has 0 spiro atoms. The molecule has 1 unspecified atom stereocenters. The Morgan fingerprint density at radius 2 is 1.53 bits per heavy atom. The molecule has 0 saturated heterocycles. The highest BCUT2D eigenvalue weighted by Crippen LogP contribution is 2.28. The van der Waals surface area contributed by atoms with Crippen molar-refractivity contribution in [2.24, 2.45) is 0 Å². The predicted octanol–water partition coefficient (Wildman–Crippen LogP) is 4.31. The number of rotatable bonds is 9. The monoisotopic (exact) mass is 471 g/mol. The first-order chi connectivity index (χ1) is 14.1. The van der Waals surface area contributed by atoms with E-state index in [4.69, 9.17) is 23.2 Å². The van der Waals surface area contributed by atoms with Crippen molar-refractivity contribution < 1.29 is 13.2 Å². The molecule has 0 radical (unpaired) electrons. The van der Waals surface area contributed by atoms with Crippen molar-refractivity contribution >= 4 is 50.5 Å². The standard InChI is InChI=1S/C21H27Cl2N3O3S/c1-5-25(6-2)19-9-7-16(8-10-19)14-24-21(27)15(3)26(30(4,28)29)20-12-17(22)11-18(23)13-20/h7-13,15H,5-6,14H2,1-4H3,(H,24,27). The molecule has 1 N–H and O–H groups in total. The maximum absolute atomic E-state index is 12.7. The van der Waals surface area contributed by atoms with Crippen molar-refractivity contribution in [3.05, 3.63) is 58.1 Å². The first-order valence-electron chi connectivity index (χ1n) is 9.63. The van der Waals surface area contributed by atoms with Crippen LogP contribution in [0.5, 0.6) is 0 Å². The quantitative estimate of drug-likeness (QED) is 0.591. The summed E-state index contributed by atoms with van der Waals surface area (Å²) in [6.45, 7) is 7.83. The van der Waals surface area contributed by atoms with Gasteiger partial charge in [0.05, 0.1) is 11.9 Å². The Balaban J connectivity index is 2.14. The van der Waals surface area contributed by atoms with Gasteiger partial charge < -0.3 is 10.2 Å². The molecule has 0 heterocycles. The summed E-state index contributed by atoms with van der Waals surface area (Å²) in [6.07, 6.45) is 1.04. The van der Waals surface area contributed by atoms with Gasteiger partial charge in [0.15, 0.2) is 0 Å². The summed E-state index contributed by atoms with van der Waals surface area (Å²) in [7, 11) is -3.75. The van der Waals surface area contributed by atoms with Crippen molar-refractivity contribution in [1.29, 1.82) is 0 Å². The van der Waals surface area contributed by atoms with Crippen LogP contribution in [0.25, 0.3) is 0 Å². The van der Waals surface area contributed by atoms with E-state index in [1.165, 1.54) is 25.1 Å². The normalized spacial score (nSPS) is 12.3. The third-order valence-electron chi connectivity index (χ3n) is 4.72. The highest BCUT2D eigenvalue weighted by Gasteiger charge is 2.29. The third kappa shape index (κ3) is 6.27. The second-order valence-electron chi connectivity index (χ2n) is 6.92. The fraction of sp³-hybridized carbons (Fsp3) is 0.381. The Kier molecular flexibility index (Phi) is 8.41. The highest BCUT2D eigenvalue weighted by molar-refractivity contribution is 7.92. The van der Waals surface area contributed by atoms with Crippen LogP contribution in [0.15, 0.2) is 42.5 Å². The van der Waals surface area contributed by atoms with Crippen molar-refractivity contribution in [2.45, 2.75) is 33.4 Å². The molecule has 0 aliphatic carbocycles. The lowest BCUT2D eigenvalue weighted by atomic mass is 10.2. The average molecular weight is 472 g/mol. The van der Waals surface area contributed by atoms with Crippen LogP contribution in [0.1, 0.15) is 26.3 Å². The minimum Gasteiger partial charge on any atom is -0.372 e. The molecule has 30 heavy (non-hydrogen) atoms. The summed E-state index contributed by atoms with van der Waals surface area (Å²) in [5.41, 5.74) is 2.27. The number of nitrogens with zero attached hydrogens (tertiary/aromatic N) is 2. The minimum absolute atomic E-state index is 0.237. The van der Waals surface area contributed by atoms with Crippen LogP contribution in [0.4, 0.5) is 11.4 Å². The number of hydrogen-bond acceptors (Lipinski definition) is 4. The number of halogens is 2. The van der Waals surface area contributed by atoms with Crippen LogP contribution >= 0.6 is 23.2 Å². The lowest BCUT2D eigenvalue weighted by Crippen LogP contribution is -2.47. The van der Waals surface area contributed by atoms with Crippen molar-refractivity contribution in [2.75, 3.05) is 28.6 Å². The molecule has 0 aliphatic heterocycles. The molecular weight excluding hydrogens is 445 g/mol. The summed E-state index contributed by atoms with van der Waals surface area (Å²) in [5, 5.41) is 3.37. The zero-order valence-corrected chi connectivity index (χ0v) is 19.9. The van der Waals surface area contributed by atoms with Gasteiger partial charge in [-0.15, -0.1) is 0 Å². The van der Waals surface area contributed by atoms with Gasteiger partial charge in [-0.05, 0) is 56.7 Å². The molecule has 0 aliphatic rings. The van der Waals surface area contributed by atoms with E-state index in [1.54, 1.807) is 0 Å². The molecule has 1 atom stereocenters. The SMILES string of the molecule is CCN(CC)c1ccc(CNC(=O)C(C)N(c2cc(Cl)cc(Cl)c2)S(C)(=O)=O)cc1. The van der Waals surface area contributed by atoms with Gasteiger partial charge in [-0.2, -0.15) is 0 Å². The maximum atomic E-state index is 12.7. The van der Waals surface area contributed by atoms with Crippen LogP contribution in [-0.2, 0) is 21.4 Å². The van der Waals surface area contributed by atoms with E-state index in [2.05, 4.69) is 24.1 Å². The van der Waals surface area contributed by atoms with E-state index in [-0.39, 0.29) is 22.3 Å². The van der Waals surface area contributed by atoms with Gasteiger partial charge in [0.25, 0.3) is 0 Å². The van der Waals surface area contributed by atoms with Crippen molar-refractivity contribution in [1.82, 2.24) is 5.32 Å². The molecule has 6 nitrogen and oxygen atoms in total. The lowest BCUT2D eigenvalue weighted by Gasteiger charge is -2.28. The fourth-order valence-corrected chi connectivity index (χ4v) is 4.90. The molecule has 0 saturated carbocycles. The van der Waals surface area contributed by atoms with Gasteiger partial charge in [0, 0.05) is 35.4 Å². The second-order valence-corrected chi connectivity index (χ2v) is 9.65. The maximum Gasteiger partial charge on any atom is 0.243 e. The number of hydrogen-bond donors (Lipinski definition) is 1. The summed E-state index contributed by atoms with van der Waals surface area (Å²) in [4.78, 5) is 15.0. The fourth-order valence-electron chi connectivity index (χ4n) is 3.23. The van der Waals surface area contributed by atoms with Gasteiger partial charge in [0.1, 0.15) is 6.04 Å². The Morgan fingerprint density at radius 3 is 2.00 bits per heavy atom. The number of nitrogens with one attached hydrogen (secondary N) is 1. The van der Waals surface area contributed by atoms with Gasteiger partial charge in [-0.1, -0.05) is 35.3 Å². The number of anilines is 2. The Hall–Kier alpha value is -1.96. The second kappa shape index (κ2) is 10.4. The summed E-state index contributed by atoms with van der Waals surface area (Å²) >= 11 is 12.0. The van der Waals surface area contributed by atoms with E-state index < -0.39 is 22.0 Å². The van der Waals surface area contributed by atoms with Gasteiger partial charge in [0.2, 0.25) is 15.9 Å². The molecule has 0 fully saturated rings. The van der Waals surface area contributed by atoms with Gasteiger partial charge >= 0.3 is 0 Å². The Morgan fingerprint density at radius 1 is 1.00 bits per heavy atom. The number of benzene rings is 2. The zero-order chi connectivity index (χ0) is 22.5. The van der Waals surface area contributed by atoms with E-state index in [1.807, 2.05) is 24.3 Å². The molecule has 9 heteroatoms. The molecule has 0 aromatic heterocycles. The van der Waals surface area contributed by atoms with E-state index in [9.17, 15) is 13.2 Å². The third-order valence-corrected chi connectivity index (χ3v) is 6.40. The highest BCUT2D eigenvalue weighted by atomic mass is 35.5. The summed E-state index contributed by atoms with van der Waals surface area (Å²) in [5.74, 6) is -0.427. The van der Waals surface area contributed by atoms with Crippen LogP contribution in [0, 0.1) is 0 Å². The first-order valence-corrected chi connectivity index (χ1v) is 12.2. The molecule has 164 valence electrons. The summed E-state index contributed by atoms with van der Waals surface area (Å²) in [6, 6.07) is 11.4. The van der Waals surface area contributed by atoms with Crippen molar-refractivity contribution in [3.63, 3.8) is 0 Å². The molecule has 2 aromatic rings. The van der Waals surface area contributed by atoms with E-state index in [0.717, 1.165) is 34.9 Å². The Bertz CT molecular complexity index is 957. The predicted molar refractivity (Wildman–Crippen MR) is 125 cm³/mol. The average Bonchev–Trinajstić information content (AvgIpc) is 2.66. The number of carbonyl (C=O) groups excluding carboxylic acids is 1. The van der Waals surface area contributed by atoms with E-state index >= 15 is 0 Å². The van der Waals surface area contributed by atoms with Crippen molar-refractivity contribution in [3.8, 4) is 0 Å². The van der Waals surface area contributed by atoms with Crippen LogP contribution in [0.2, 0.25) is 10.0 Å². The first kappa shape index (κ1) is 24.3. The molecular formula is C21H27Cl2N3O3S. The summed E-state index contributed by atoms with van der Waals surface area (Å²) < 4.78 is 25.8. The van der Waals surface area contributed by atoms with E-state index in [0.29, 0.717) is 0 Å². The van der Waals surface area contributed by atoms with Crippen LogP contribution in [-0.4, -0.2) is 39.7 Å². The molecule has 0 bridgehead atoms. The number of carbonyl (C=O) groups is 1. The smallest absolute Gasteiger partial charge is 0.243 e.